The molecule has 2 heterocycles. The smallest absolute Gasteiger partial charge is 0.317 e. The van der Waals surface area contributed by atoms with Gasteiger partial charge in [0, 0.05) is 25.0 Å². The van der Waals surface area contributed by atoms with Gasteiger partial charge in [-0.2, -0.15) is 0 Å². The Morgan fingerprint density at radius 2 is 1.95 bits per heavy atom. The molecule has 1 aromatic rings. The van der Waals surface area contributed by atoms with Gasteiger partial charge in [-0.1, -0.05) is 12.8 Å². The number of nitrogens with one attached hydrogen (secondary N) is 1. The minimum atomic E-state index is -0.0181. The van der Waals surface area contributed by atoms with E-state index in [0.29, 0.717) is 18.6 Å². The van der Waals surface area contributed by atoms with Gasteiger partial charge in [-0.25, -0.2) is 14.8 Å². The predicted molar refractivity (Wildman–Crippen MR) is 78.0 cm³/mol. The molecule has 0 bridgehead atoms. The van der Waals surface area contributed by atoms with Gasteiger partial charge in [0.25, 0.3) is 0 Å². The van der Waals surface area contributed by atoms with Crippen LogP contribution in [-0.2, 0) is 0 Å². The van der Waals surface area contributed by atoms with Crippen LogP contribution in [0.25, 0.3) is 0 Å². The number of hydrogen-bond donors (Lipinski definition) is 1. The van der Waals surface area contributed by atoms with Crippen molar-refractivity contribution in [1.29, 1.82) is 0 Å². The number of piperidine rings is 1. The molecule has 114 valence electrons. The van der Waals surface area contributed by atoms with Crippen molar-refractivity contribution in [3.8, 4) is 6.01 Å². The first-order valence-electron chi connectivity index (χ1n) is 7.80. The molecule has 21 heavy (non-hydrogen) atoms. The standard InChI is InChI=1S/C15H22N4O2/c20-15(18-12-5-1-2-6-12)19-10-3-7-13(11-19)21-14-16-8-4-9-17-14/h4,8-9,12-13H,1-3,5-7,10-11H2,(H,18,20)/t13-/m1/s1. The highest BCUT2D eigenvalue weighted by atomic mass is 16.5. The largest absolute Gasteiger partial charge is 0.458 e. The van der Waals surface area contributed by atoms with E-state index in [4.69, 9.17) is 4.74 Å². The molecule has 1 saturated heterocycles. The Kier molecular flexibility index (Phi) is 4.52. The van der Waals surface area contributed by atoms with Gasteiger partial charge in [-0.15, -0.1) is 0 Å². The minimum absolute atomic E-state index is 0.0181. The van der Waals surface area contributed by atoms with Crippen LogP contribution in [0.5, 0.6) is 6.01 Å². The first kappa shape index (κ1) is 14.1. The number of rotatable bonds is 3. The minimum Gasteiger partial charge on any atom is -0.458 e. The van der Waals surface area contributed by atoms with Crippen molar-refractivity contribution >= 4 is 6.03 Å². The summed E-state index contributed by atoms with van der Waals surface area (Å²) in [6.45, 7) is 1.41. The zero-order valence-corrected chi connectivity index (χ0v) is 12.2. The van der Waals surface area contributed by atoms with E-state index in [2.05, 4.69) is 15.3 Å². The highest BCUT2D eigenvalue weighted by molar-refractivity contribution is 5.74. The summed E-state index contributed by atoms with van der Waals surface area (Å²) >= 11 is 0. The summed E-state index contributed by atoms with van der Waals surface area (Å²) < 4.78 is 5.76. The zero-order valence-electron chi connectivity index (χ0n) is 12.2. The van der Waals surface area contributed by atoms with E-state index in [1.54, 1.807) is 18.5 Å². The van der Waals surface area contributed by atoms with E-state index in [0.717, 1.165) is 32.2 Å². The van der Waals surface area contributed by atoms with E-state index < -0.39 is 0 Å². The van der Waals surface area contributed by atoms with Gasteiger partial charge in [-0.3, -0.25) is 0 Å². The normalized spacial score (nSPS) is 23.0. The third-order valence-electron chi connectivity index (χ3n) is 4.16. The maximum absolute atomic E-state index is 12.3. The van der Waals surface area contributed by atoms with Gasteiger partial charge in [0.2, 0.25) is 0 Å². The van der Waals surface area contributed by atoms with Crippen molar-refractivity contribution in [1.82, 2.24) is 20.2 Å². The van der Waals surface area contributed by atoms with Gasteiger partial charge >= 0.3 is 12.0 Å². The number of urea groups is 1. The maximum Gasteiger partial charge on any atom is 0.317 e. The molecule has 0 spiro atoms. The summed E-state index contributed by atoms with van der Waals surface area (Å²) in [7, 11) is 0. The topological polar surface area (TPSA) is 67.4 Å². The monoisotopic (exact) mass is 290 g/mol. The molecule has 0 unspecified atom stereocenters. The average Bonchev–Trinajstić information content (AvgIpc) is 3.01. The molecule has 1 atom stereocenters. The third-order valence-corrected chi connectivity index (χ3v) is 4.16. The fourth-order valence-electron chi connectivity index (χ4n) is 3.05. The van der Waals surface area contributed by atoms with Crippen LogP contribution < -0.4 is 10.1 Å². The number of carbonyl (C=O) groups excluding carboxylic acids is 1. The van der Waals surface area contributed by atoms with Crippen molar-refractivity contribution in [3.63, 3.8) is 0 Å². The second-order valence-corrected chi connectivity index (χ2v) is 5.79. The van der Waals surface area contributed by atoms with E-state index in [1.807, 2.05) is 4.90 Å². The molecule has 1 aliphatic heterocycles. The summed E-state index contributed by atoms with van der Waals surface area (Å²) in [5.41, 5.74) is 0. The average molecular weight is 290 g/mol. The second-order valence-electron chi connectivity index (χ2n) is 5.79. The fraction of sp³-hybridized carbons (Fsp3) is 0.667. The summed E-state index contributed by atoms with van der Waals surface area (Å²) in [6.07, 6.45) is 9.86. The Bertz CT molecular complexity index is 462. The van der Waals surface area contributed by atoms with E-state index in [9.17, 15) is 4.79 Å². The highest BCUT2D eigenvalue weighted by Gasteiger charge is 2.27. The number of ether oxygens (including phenoxy) is 1. The van der Waals surface area contributed by atoms with Gasteiger partial charge in [0.15, 0.2) is 0 Å². The maximum atomic E-state index is 12.3. The molecule has 2 fully saturated rings. The van der Waals surface area contributed by atoms with E-state index >= 15 is 0 Å². The van der Waals surface area contributed by atoms with Gasteiger partial charge < -0.3 is 15.0 Å². The Morgan fingerprint density at radius 1 is 1.19 bits per heavy atom. The van der Waals surface area contributed by atoms with Gasteiger partial charge in [-0.05, 0) is 31.7 Å². The first-order valence-corrected chi connectivity index (χ1v) is 7.80. The first-order chi connectivity index (χ1) is 10.3. The fourth-order valence-corrected chi connectivity index (χ4v) is 3.05. The number of hydrogen-bond acceptors (Lipinski definition) is 4. The summed E-state index contributed by atoms with van der Waals surface area (Å²) in [5, 5.41) is 3.13. The van der Waals surface area contributed by atoms with Crippen LogP contribution in [0.1, 0.15) is 38.5 Å². The van der Waals surface area contributed by atoms with Crippen LogP contribution in [0.4, 0.5) is 4.79 Å². The summed E-state index contributed by atoms with van der Waals surface area (Å²) in [4.78, 5) is 22.3. The number of aromatic nitrogens is 2. The van der Waals surface area contributed by atoms with E-state index in [1.165, 1.54) is 12.8 Å². The quantitative estimate of drug-likeness (QED) is 0.924. The molecule has 6 heteroatoms. The van der Waals surface area contributed by atoms with Crippen molar-refractivity contribution in [2.24, 2.45) is 0 Å². The van der Waals surface area contributed by atoms with Crippen LogP contribution >= 0.6 is 0 Å². The van der Waals surface area contributed by atoms with Crippen molar-refractivity contribution in [2.75, 3.05) is 13.1 Å². The molecule has 1 saturated carbocycles. The number of likely N-dealkylation sites (tertiary alicyclic amines) is 1. The SMILES string of the molecule is O=C(NC1CCCC1)N1CCC[C@@H](Oc2ncccn2)C1. The van der Waals surface area contributed by atoms with Gasteiger partial charge in [0.05, 0.1) is 6.54 Å². The zero-order chi connectivity index (χ0) is 14.5. The lowest BCUT2D eigenvalue weighted by Gasteiger charge is -2.33. The Hall–Kier alpha value is -1.85. The molecule has 0 radical (unpaired) electrons. The molecule has 3 rings (SSSR count). The predicted octanol–water partition coefficient (Wildman–Crippen LogP) is 1.97. The molecule has 0 aromatic carbocycles. The van der Waals surface area contributed by atoms with Crippen LogP contribution in [0.15, 0.2) is 18.5 Å². The third kappa shape index (κ3) is 3.83. The van der Waals surface area contributed by atoms with Gasteiger partial charge in [0.1, 0.15) is 6.10 Å². The Balaban J connectivity index is 1.51. The number of nitrogens with zero attached hydrogens (tertiary/aromatic N) is 3. The second kappa shape index (κ2) is 6.74. The van der Waals surface area contributed by atoms with Crippen LogP contribution in [0.2, 0.25) is 0 Å². The molecule has 1 N–H and O–H groups in total. The Morgan fingerprint density at radius 3 is 2.71 bits per heavy atom. The lowest BCUT2D eigenvalue weighted by Crippen LogP contribution is -2.50. The van der Waals surface area contributed by atoms with Crippen molar-refractivity contribution < 1.29 is 9.53 Å². The molecule has 6 nitrogen and oxygen atoms in total. The van der Waals surface area contributed by atoms with Crippen molar-refractivity contribution in [3.05, 3.63) is 18.5 Å². The van der Waals surface area contributed by atoms with Crippen LogP contribution in [-0.4, -0.2) is 46.1 Å². The number of carbonyl (C=O) groups is 1. The van der Waals surface area contributed by atoms with E-state index in [-0.39, 0.29) is 12.1 Å². The highest BCUT2D eigenvalue weighted by Crippen LogP contribution is 2.19. The van der Waals surface area contributed by atoms with Crippen LogP contribution in [0.3, 0.4) is 0 Å². The lowest BCUT2D eigenvalue weighted by molar-refractivity contribution is 0.0929. The summed E-state index contributed by atoms with van der Waals surface area (Å²) in [5.74, 6) is 0. The van der Waals surface area contributed by atoms with Crippen LogP contribution in [0, 0.1) is 0 Å². The molecule has 1 aliphatic carbocycles. The Labute approximate surface area is 124 Å². The molecule has 1 aromatic heterocycles. The molecule has 2 amide bonds. The summed E-state index contributed by atoms with van der Waals surface area (Å²) in [6, 6.07) is 2.55. The molecular weight excluding hydrogens is 268 g/mol. The lowest BCUT2D eigenvalue weighted by atomic mass is 10.1. The number of amides is 2. The molecule has 2 aliphatic rings. The molecular formula is C15H22N4O2. The van der Waals surface area contributed by atoms with Crippen molar-refractivity contribution in [2.45, 2.75) is 50.7 Å².